The van der Waals surface area contributed by atoms with Gasteiger partial charge in [0, 0.05) is 34.3 Å². The van der Waals surface area contributed by atoms with Crippen molar-refractivity contribution in [3.8, 4) is 16.9 Å². The van der Waals surface area contributed by atoms with Gasteiger partial charge < -0.3 is 15.3 Å². The summed E-state index contributed by atoms with van der Waals surface area (Å²) in [5, 5.41) is 14.4. The molecular weight excluding hydrogens is 362 g/mol. The van der Waals surface area contributed by atoms with Gasteiger partial charge in [-0.1, -0.05) is 23.7 Å². The summed E-state index contributed by atoms with van der Waals surface area (Å²) < 4.78 is 0. The quantitative estimate of drug-likeness (QED) is 0.633. The average molecular weight is 384 g/mol. The monoisotopic (exact) mass is 383 g/mol. The normalized spacial score (nSPS) is 11.1. The van der Waals surface area contributed by atoms with E-state index in [2.05, 4.69) is 15.2 Å². The molecule has 0 atom stereocenters. The molecule has 140 valence electrons. The molecule has 3 aromatic rings. The first-order valence-corrected chi connectivity index (χ1v) is 9.14. The Hall–Kier alpha value is -2.63. The fourth-order valence-corrected chi connectivity index (χ4v) is 3.21. The molecule has 0 fully saturated rings. The molecule has 5 nitrogen and oxygen atoms in total. The standard InChI is InChI=1S/C21H22ClN3O2/c1-25(2)10-4-9-24-21(27)15-6-7-17(18(22)12-15)16-11-14-5-3-8-23-20(14)19(26)13-16/h3,5-8,11-13,26H,4,9-10H2,1-2H3,(H,24,27). The van der Waals surface area contributed by atoms with Gasteiger partial charge >= 0.3 is 0 Å². The van der Waals surface area contributed by atoms with E-state index in [-0.39, 0.29) is 11.7 Å². The number of carbonyl (C=O) groups is 1. The van der Waals surface area contributed by atoms with E-state index in [0.29, 0.717) is 22.6 Å². The molecular formula is C21H22ClN3O2. The van der Waals surface area contributed by atoms with E-state index in [9.17, 15) is 9.90 Å². The number of aromatic nitrogens is 1. The van der Waals surface area contributed by atoms with Crippen molar-refractivity contribution < 1.29 is 9.90 Å². The van der Waals surface area contributed by atoms with E-state index in [1.54, 1.807) is 30.5 Å². The van der Waals surface area contributed by atoms with Crippen LogP contribution in [0.3, 0.4) is 0 Å². The number of hydrogen-bond acceptors (Lipinski definition) is 4. The Morgan fingerprint density at radius 3 is 2.78 bits per heavy atom. The van der Waals surface area contributed by atoms with E-state index in [1.165, 1.54) is 0 Å². The number of fused-ring (bicyclic) bond motifs is 1. The van der Waals surface area contributed by atoms with Crippen LogP contribution in [0.4, 0.5) is 0 Å². The van der Waals surface area contributed by atoms with Gasteiger partial charge in [0.15, 0.2) is 0 Å². The lowest BCUT2D eigenvalue weighted by molar-refractivity contribution is 0.0952. The maximum atomic E-state index is 12.3. The molecule has 3 rings (SSSR count). The third kappa shape index (κ3) is 4.56. The van der Waals surface area contributed by atoms with E-state index in [1.807, 2.05) is 32.3 Å². The molecule has 1 heterocycles. The zero-order valence-corrected chi connectivity index (χ0v) is 16.1. The molecule has 0 saturated carbocycles. The maximum Gasteiger partial charge on any atom is 0.251 e. The Labute approximate surface area is 163 Å². The molecule has 0 spiro atoms. The lowest BCUT2D eigenvalue weighted by Crippen LogP contribution is -2.27. The van der Waals surface area contributed by atoms with E-state index < -0.39 is 0 Å². The third-order valence-electron chi connectivity index (χ3n) is 4.29. The molecule has 0 aliphatic rings. The number of hydrogen-bond donors (Lipinski definition) is 2. The van der Waals surface area contributed by atoms with Gasteiger partial charge in [-0.2, -0.15) is 0 Å². The fraction of sp³-hybridized carbons (Fsp3) is 0.238. The summed E-state index contributed by atoms with van der Waals surface area (Å²) in [5.74, 6) is -0.0466. The van der Waals surface area contributed by atoms with Crippen LogP contribution in [-0.4, -0.2) is 48.1 Å². The summed E-state index contributed by atoms with van der Waals surface area (Å²) in [6.45, 7) is 1.53. The molecule has 0 bridgehead atoms. The van der Waals surface area contributed by atoms with E-state index >= 15 is 0 Å². The summed E-state index contributed by atoms with van der Waals surface area (Å²) in [4.78, 5) is 18.5. The largest absolute Gasteiger partial charge is 0.506 e. The molecule has 0 aliphatic heterocycles. The van der Waals surface area contributed by atoms with Gasteiger partial charge in [-0.05, 0) is 63.0 Å². The number of nitrogens with one attached hydrogen (secondary N) is 1. The smallest absolute Gasteiger partial charge is 0.251 e. The number of pyridine rings is 1. The highest BCUT2D eigenvalue weighted by Gasteiger charge is 2.12. The number of amides is 1. The van der Waals surface area contributed by atoms with Gasteiger partial charge in [0.25, 0.3) is 5.91 Å². The summed E-state index contributed by atoms with van der Waals surface area (Å²) >= 11 is 6.43. The third-order valence-corrected chi connectivity index (χ3v) is 4.61. The minimum Gasteiger partial charge on any atom is -0.506 e. The minimum atomic E-state index is -0.146. The van der Waals surface area contributed by atoms with Crippen LogP contribution in [0.1, 0.15) is 16.8 Å². The van der Waals surface area contributed by atoms with Gasteiger partial charge in [-0.15, -0.1) is 0 Å². The van der Waals surface area contributed by atoms with Gasteiger partial charge in [0.1, 0.15) is 11.3 Å². The minimum absolute atomic E-state index is 0.0990. The van der Waals surface area contributed by atoms with Crippen molar-refractivity contribution in [2.24, 2.45) is 0 Å². The molecule has 0 radical (unpaired) electrons. The van der Waals surface area contributed by atoms with Gasteiger partial charge in [0.05, 0.1) is 0 Å². The average Bonchev–Trinajstić information content (AvgIpc) is 2.64. The van der Waals surface area contributed by atoms with Crippen LogP contribution in [0.2, 0.25) is 5.02 Å². The summed E-state index contributed by atoms with van der Waals surface area (Å²) in [6, 6.07) is 12.5. The summed E-state index contributed by atoms with van der Waals surface area (Å²) in [6.07, 6.45) is 2.52. The highest BCUT2D eigenvalue weighted by molar-refractivity contribution is 6.33. The fourth-order valence-electron chi connectivity index (χ4n) is 2.92. The lowest BCUT2D eigenvalue weighted by Gasteiger charge is -2.11. The number of phenols is 1. The van der Waals surface area contributed by atoms with Crippen LogP contribution in [0.25, 0.3) is 22.0 Å². The van der Waals surface area contributed by atoms with Crippen molar-refractivity contribution in [2.75, 3.05) is 27.2 Å². The zero-order chi connectivity index (χ0) is 19.4. The number of phenolic OH excluding ortho intramolecular Hbond substituents is 1. The van der Waals surface area contributed by atoms with Crippen molar-refractivity contribution in [3.05, 3.63) is 59.2 Å². The number of halogens is 1. The second-order valence-corrected chi connectivity index (χ2v) is 7.09. The van der Waals surface area contributed by atoms with E-state index in [0.717, 1.165) is 29.5 Å². The molecule has 1 amide bonds. The number of carbonyl (C=O) groups excluding carboxylic acids is 1. The van der Waals surface area contributed by atoms with Crippen molar-refractivity contribution >= 4 is 28.4 Å². The highest BCUT2D eigenvalue weighted by atomic mass is 35.5. The van der Waals surface area contributed by atoms with Crippen LogP contribution in [0.5, 0.6) is 5.75 Å². The Balaban J connectivity index is 1.80. The van der Waals surface area contributed by atoms with Gasteiger partial charge in [0.2, 0.25) is 0 Å². The van der Waals surface area contributed by atoms with Crippen molar-refractivity contribution in [2.45, 2.75) is 6.42 Å². The SMILES string of the molecule is CN(C)CCCNC(=O)c1ccc(-c2cc(O)c3ncccc3c2)c(Cl)c1. The highest BCUT2D eigenvalue weighted by Crippen LogP contribution is 2.34. The topological polar surface area (TPSA) is 65.5 Å². The number of rotatable bonds is 6. The van der Waals surface area contributed by atoms with Crippen molar-refractivity contribution in [1.82, 2.24) is 15.2 Å². The van der Waals surface area contributed by atoms with Crippen LogP contribution >= 0.6 is 11.6 Å². The lowest BCUT2D eigenvalue weighted by atomic mass is 10.0. The van der Waals surface area contributed by atoms with Crippen LogP contribution in [-0.2, 0) is 0 Å². The number of nitrogens with zero attached hydrogens (tertiary/aromatic N) is 2. The molecule has 6 heteroatoms. The van der Waals surface area contributed by atoms with Gasteiger partial charge in [-0.25, -0.2) is 0 Å². The Morgan fingerprint density at radius 1 is 1.22 bits per heavy atom. The zero-order valence-electron chi connectivity index (χ0n) is 15.4. The Bertz CT molecular complexity index is 973. The predicted molar refractivity (Wildman–Crippen MR) is 109 cm³/mol. The molecule has 27 heavy (non-hydrogen) atoms. The maximum absolute atomic E-state index is 12.3. The molecule has 2 aromatic carbocycles. The van der Waals surface area contributed by atoms with Crippen LogP contribution < -0.4 is 5.32 Å². The van der Waals surface area contributed by atoms with Gasteiger partial charge in [-0.3, -0.25) is 9.78 Å². The van der Waals surface area contributed by atoms with Crippen molar-refractivity contribution in [3.63, 3.8) is 0 Å². The molecule has 0 unspecified atom stereocenters. The molecule has 1 aromatic heterocycles. The number of benzene rings is 2. The predicted octanol–water partition coefficient (Wildman–Crippen LogP) is 3.94. The van der Waals surface area contributed by atoms with E-state index in [4.69, 9.17) is 11.6 Å². The second kappa shape index (κ2) is 8.37. The Morgan fingerprint density at radius 2 is 2.04 bits per heavy atom. The van der Waals surface area contributed by atoms with Crippen LogP contribution in [0, 0.1) is 0 Å². The molecule has 0 aliphatic carbocycles. The second-order valence-electron chi connectivity index (χ2n) is 6.68. The first kappa shape index (κ1) is 19.1. The van der Waals surface area contributed by atoms with Crippen molar-refractivity contribution in [1.29, 1.82) is 0 Å². The number of aromatic hydroxyl groups is 1. The Kier molecular flexibility index (Phi) is 5.94. The first-order valence-electron chi connectivity index (χ1n) is 8.76. The molecule has 2 N–H and O–H groups in total. The summed E-state index contributed by atoms with van der Waals surface area (Å²) in [5.41, 5.74) is 2.59. The van der Waals surface area contributed by atoms with Crippen LogP contribution in [0.15, 0.2) is 48.7 Å². The summed E-state index contributed by atoms with van der Waals surface area (Å²) in [7, 11) is 4.00. The molecule has 0 saturated heterocycles. The first-order chi connectivity index (χ1) is 13.0.